The molecule has 0 radical (unpaired) electrons. The van der Waals surface area contributed by atoms with Crippen molar-refractivity contribution in [1.82, 2.24) is 4.98 Å². The van der Waals surface area contributed by atoms with E-state index in [-0.39, 0.29) is 24.5 Å². The number of amides is 1. The highest BCUT2D eigenvalue weighted by atomic mass is 35.5. The van der Waals surface area contributed by atoms with E-state index < -0.39 is 0 Å². The molecule has 108 valence electrons. The highest BCUT2D eigenvalue weighted by Gasteiger charge is 2.12. The van der Waals surface area contributed by atoms with Crippen LogP contribution in [0.2, 0.25) is 5.02 Å². The Labute approximate surface area is 128 Å². The number of hydrogen-bond acceptors (Lipinski definition) is 3. The van der Waals surface area contributed by atoms with Gasteiger partial charge in [-0.2, -0.15) is 0 Å². The molecule has 0 spiro atoms. The minimum absolute atomic E-state index is 0.116. The molecule has 2 aromatic rings. The molecule has 1 aromatic carbocycles. The fourth-order valence-corrected chi connectivity index (χ4v) is 2.14. The van der Waals surface area contributed by atoms with E-state index in [0.717, 1.165) is 5.69 Å². The number of nitrogens with zero attached hydrogens (tertiary/aromatic N) is 1. The Kier molecular flexibility index (Phi) is 5.06. The van der Waals surface area contributed by atoms with E-state index in [0.29, 0.717) is 16.3 Å². The van der Waals surface area contributed by atoms with Crippen LogP contribution >= 0.6 is 11.6 Å². The number of rotatable bonds is 5. The van der Waals surface area contributed by atoms with Crippen LogP contribution in [0.25, 0.3) is 0 Å². The zero-order valence-corrected chi connectivity index (χ0v) is 12.4. The Hall–Kier alpha value is -2.20. The molecule has 21 heavy (non-hydrogen) atoms. The second-order valence-electron chi connectivity index (χ2n) is 4.64. The van der Waals surface area contributed by atoms with Gasteiger partial charge in [-0.1, -0.05) is 23.7 Å². The predicted octanol–water partition coefficient (Wildman–Crippen LogP) is 3.65. The number of aromatic nitrogens is 1. The quantitative estimate of drug-likeness (QED) is 0.858. The first-order valence-electron chi connectivity index (χ1n) is 6.56. The third kappa shape index (κ3) is 4.39. The van der Waals surface area contributed by atoms with Crippen LogP contribution in [0.3, 0.4) is 0 Å². The summed E-state index contributed by atoms with van der Waals surface area (Å²) in [6.45, 7) is 1.84. The van der Waals surface area contributed by atoms with Crippen molar-refractivity contribution in [2.45, 2.75) is 19.8 Å². The van der Waals surface area contributed by atoms with Crippen molar-refractivity contribution in [1.29, 1.82) is 0 Å². The summed E-state index contributed by atoms with van der Waals surface area (Å²) in [7, 11) is 0. The smallest absolute Gasteiger partial charge is 0.224 e. The van der Waals surface area contributed by atoms with E-state index in [1.54, 1.807) is 42.6 Å². The molecule has 0 atom stereocenters. The molecule has 0 unspecified atom stereocenters. The Morgan fingerprint density at radius 1 is 1.19 bits per heavy atom. The summed E-state index contributed by atoms with van der Waals surface area (Å²) in [6, 6.07) is 10.3. The van der Waals surface area contributed by atoms with Crippen LogP contribution in [0.5, 0.6) is 0 Å². The molecule has 0 saturated carbocycles. The second-order valence-corrected chi connectivity index (χ2v) is 5.04. The van der Waals surface area contributed by atoms with Crippen LogP contribution in [0.4, 0.5) is 5.69 Å². The van der Waals surface area contributed by atoms with Crippen LogP contribution in [0.1, 0.15) is 28.9 Å². The molecular weight excluding hydrogens is 288 g/mol. The maximum absolute atomic E-state index is 12.0. The normalized spacial score (nSPS) is 10.2. The van der Waals surface area contributed by atoms with Crippen molar-refractivity contribution in [3.8, 4) is 0 Å². The van der Waals surface area contributed by atoms with Crippen molar-refractivity contribution >= 4 is 29.0 Å². The van der Waals surface area contributed by atoms with Gasteiger partial charge in [0.15, 0.2) is 5.78 Å². The molecule has 4 nitrogen and oxygen atoms in total. The third-order valence-corrected chi connectivity index (χ3v) is 3.26. The van der Waals surface area contributed by atoms with Gasteiger partial charge in [0.1, 0.15) is 0 Å². The average molecular weight is 303 g/mol. The van der Waals surface area contributed by atoms with E-state index in [9.17, 15) is 9.59 Å². The van der Waals surface area contributed by atoms with E-state index in [1.807, 2.05) is 6.92 Å². The van der Waals surface area contributed by atoms with Crippen LogP contribution in [-0.4, -0.2) is 16.7 Å². The lowest BCUT2D eigenvalue weighted by molar-refractivity contribution is -0.116. The minimum Gasteiger partial charge on any atom is -0.326 e. The zero-order chi connectivity index (χ0) is 15.2. The number of nitrogens with one attached hydrogen (secondary N) is 1. The standard InChI is InChI=1S/C16H15ClN2O2/c1-11-10-12(8-9-18-11)19-16(21)7-6-15(20)13-4-2-3-5-14(13)17/h2-5,8-10H,6-7H2,1H3,(H,18,19,21). The van der Waals surface area contributed by atoms with Crippen LogP contribution < -0.4 is 5.32 Å². The Balaban J connectivity index is 1.90. The molecule has 1 amide bonds. The van der Waals surface area contributed by atoms with E-state index in [4.69, 9.17) is 11.6 Å². The molecule has 5 heteroatoms. The van der Waals surface area contributed by atoms with Gasteiger partial charge in [-0.25, -0.2) is 0 Å². The Morgan fingerprint density at radius 3 is 2.67 bits per heavy atom. The van der Waals surface area contributed by atoms with Crippen LogP contribution in [-0.2, 0) is 4.79 Å². The monoisotopic (exact) mass is 302 g/mol. The maximum Gasteiger partial charge on any atom is 0.224 e. The average Bonchev–Trinajstić information content (AvgIpc) is 2.45. The largest absolute Gasteiger partial charge is 0.326 e. The van der Waals surface area contributed by atoms with Gasteiger partial charge in [0.2, 0.25) is 5.91 Å². The van der Waals surface area contributed by atoms with Gasteiger partial charge in [-0.3, -0.25) is 14.6 Å². The summed E-state index contributed by atoms with van der Waals surface area (Å²) in [6.07, 6.45) is 1.87. The number of carbonyl (C=O) groups excluding carboxylic acids is 2. The number of ketones is 1. The summed E-state index contributed by atoms with van der Waals surface area (Å²) in [4.78, 5) is 27.9. The number of pyridine rings is 1. The molecule has 0 aliphatic heterocycles. The molecule has 0 aliphatic rings. The summed E-state index contributed by atoms with van der Waals surface area (Å²) < 4.78 is 0. The number of benzene rings is 1. The maximum atomic E-state index is 12.0. The Morgan fingerprint density at radius 2 is 1.95 bits per heavy atom. The van der Waals surface area contributed by atoms with E-state index in [1.165, 1.54) is 0 Å². The molecule has 0 saturated heterocycles. The highest BCUT2D eigenvalue weighted by molar-refractivity contribution is 6.34. The molecule has 0 bridgehead atoms. The molecular formula is C16H15ClN2O2. The molecule has 0 aliphatic carbocycles. The van der Waals surface area contributed by atoms with Gasteiger partial charge >= 0.3 is 0 Å². The first kappa shape index (κ1) is 15.2. The molecule has 1 heterocycles. The Bertz CT molecular complexity index is 671. The first-order chi connectivity index (χ1) is 10.1. The summed E-state index contributed by atoms with van der Waals surface area (Å²) in [5.41, 5.74) is 1.95. The van der Waals surface area contributed by atoms with Crippen molar-refractivity contribution < 1.29 is 9.59 Å². The zero-order valence-electron chi connectivity index (χ0n) is 11.6. The molecule has 1 aromatic heterocycles. The van der Waals surface area contributed by atoms with Crippen molar-refractivity contribution in [2.75, 3.05) is 5.32 Å². The topological polar surface area (TPSA) is 59.1 Å². The van der Waals surface area contributed by atoms with E-state index >= 15 is 0 Å². The number of Topliss-reactive ketones (excluding diaryl/α,β-unsaturated/α-hetero) is 1. The van der Waals surface area contributed by atoms with Gasteiger partial charge in [0.05, 0.1) is 5.02 Å². The molecule has 2 rings (SSSR count). The fraction of sp³-hybridized carbons (Fsp3) is 0.188. The SMILES string of the molecule is Cc1cc(NC(=O)CCC(=O)c2ccccc2Cl)ccn1. The van der Waals surface area contributed by atoms with Gasteiger partial charge < -0.3 is 5.32 Å². The highest BCUT2D eigenvalue weighted by Crippen LogP contribution is 2.17. The lowest BCUT2D eigenvalue weighted by Gasteiger charge is -2.06. The van der Waals surface area contributed by atoms with Gasteiger partial charge in [0, 0.05) is 36.0 Å². The van der Waals surface area contributed by atoms with E-state index in [2.05, 4.69) is 10.3 Å². The van der Waals surface area contributed by atoms with Gasteiger partial charge in [-0.15, -0.1) is 0 Å². The first-order valence-corrected chi connectivity index (χ1v) is 6.94. The number of hydrogen-bond donors (Lipinski definition) is 1. The lowest BCUT2D eigenvalue weighted by atomic mass is 10.1. The van der Waals surface area contributed by atoms with Crippen LogP contribution in [0.15, 0.2) is 42.6 Å². The molecule has 0 fully saturated rings. The van der Waals surface area contributed by atoms with Crippen molar-refractivity contribution in [3.05, 3.63) is 58.9 Å². The summed E-state index contributed by atoms with van der Waals surface area (Å²) in [5.74, 6) is -0.345. The number of aryl methyl sites for hydroxylation is 1. The van der Waals surface area contributed by atoms with Crippen LogP contribution in [0, 0.1) is 6.92 Å². The predicted molar refractivity (Wildman–Crippen MR) is 82.6 cm³/mol. The third-order valence-electron chi connectivity index (χ3n) is 2.93. The minimum atomic E-state index is -0.207. The number of halogens is 1. The summed E-state index contributed by atoms with van der Waals surface area (Å²) in [5, 5.41) is 3.15. The number of carbonyl (C=O) groups is 2. The summed E-state index contributed by atoms with van der Waals surface area (Å²) >= 11 is 5.95. The number of anilines is 1. The van der Waals surface area contributed by atoms with Crippen molar-refractivity contribution in [3.63, 3.8) is 0 Å². The molecule has 1 N–H and O–H groups in total. The van der Waals surface area contributed by atoms with Gasteiger partial charge in [0.25, 0.3) is 0 Å². The van der Waals surface area contributed by atoms with Gasteiger partial charge in [-0.05, 0) is 31.2 Å². The van der Waals surface area contributed by atoms with Crippen molar-refractivity contribution in [2.24, 2.45) is 0 Å². The fourth-order valence-electron chi connectivity index (χ4n) is 1.90. The second kappa shape index (κ2) is 6.99. The lowest BCUT2D eigenvalue weighted by Crippen LogP contribution is -2.13.